The van der Waals surface area contributed by atoms with Crippen LogP contribution in [0.2, 0.25) is 0 Å². The summed E-state index contributed by atoms with van der Waals surface area (Å²) in [6, 6.07) is 9.03. The molecule has 0 aromatic heterocycles. The van der Waals surface area contributed by atoms with Gasteiger partial charge in [-0.1, -0.05) is 24.3 Å². The number of ketones is 2. The lowest BCUT2D eigenvalue weighted by molar-refractivity contribution is -0.121. The van der Waals surface area contributed by atoms with E-state index < -0.39 is 11.6 Å². The van der Waals surface area contributed by atoms with Crippen molar-refractivity contribution in [3.05, 3.63) is 59.7 Å². The molecule has 2 rings (SSSR count). The SMILES string of the molecule is COc1ccc(/C=C/C(=O)CC(=O)/C=C/c2cccc(O)c2O)cc1O. The molecule has 0 radical (unpaired) electrons. The van der Waals surface area contributed by atoms with Crippen LogP contribution in [0.25, 0.3) is 12.2 Å². The highest BCUT2D eigenvalue weighted by Crippen LogP contribution is 2.29. The van der Waals surface area contributed by atoms with Crippen molar-refractivity contribution < 1.29 is 29.6 Å². The van der Waals surface area contributed by atoms with Gasteiger partial charge in [-0.05, 0) is 42.0 Å². The number of phenolic OH excluding ortho intramolecular Hbond substituents is 3. The van der Waals surface area contributed by atoms with Crippen molar-refractivity contribution in [1.82, 2.24) is 0 Å². The summed E-state index contributed by atoms with van der Waals surface area (Å²) < 4.78 is 4.93. The zero-order valence-corrected chi connectivity index (χ0v) is 14.0. The summed E-state index contributed by atoms with van der Waals surface area (Å²) in [7, 11) is 1.43. The number of phenols is 3. The summed E-state index contributed by atoms with van der Waals surface area (Å²) in [6.07, 6.45) is 4.89. The molecular weight excluding hydrogens is 336 g/mol. The zero-order valence-electron chi connectivity index (χ0n) is 14.0. The monoisotopic (exact) mass is 354 g/mol. The predicted octanol–water partition coefficient (Wildman–Crippen LogP) is 3.07. The highest BCUT2D eigenvalue weighted by Gasteiger charge is 2.06. The van der Waals surface area contributed by atoms with Gasteiger partial charge in [0, 0.05) is 5.56 Å². The molecule has 6 heteroatoms. The molecule has 0 amide bonds. The maximum Gasteiger partial charge on any atom is 0.164 e. The maximum absolute atomic E-state index is 11.8. The van der Waals surface area contributed by atoms with Crippen LogP contribution in [-0.4, -0.2) is 34.0 Å². The van der Waals surface area contributed by atoms with E-state index in [0.29, 0.717) is 11.3 Å². The smallest absolute Gasteiger partial charge is 0.164 e. The first kappa shape index (κ1) is 18.8. The minimum Gasteiger partial charge on any atom is -0.504 e. The number of para-hydroxylation sites is 1. The van der Waals surface area contributed by atoms with Gasteiger partial charge in [0.25, 0.3) is 0 Å². The lowest BCUT2D eigenvalue weighted by Crippen LogP contribution is -2.01. The van der Waals surface area contributed by atoms with Crippen molar-refractivity contribution in [1.29, 1.82) is 0 Å². The fourth-order valence-corrected chi connectivity index (χ4v) is 2.16. The number of carbonyl (C=O) groups excluding carboxylic acids is 2. The van der Waals surface area contributed by atoms with Gasteiger partial charge in [-0.25, -0.2) is 0 Å². The molecule has 2 aromatic carbocycles. The lowest BCUT2D eigenvalue weighted by atomic mass is 10.1. The normalized spacial score (nSPS) is 11.1. The Balaban J connectivity index is 1.96. The fraction of sp³-hybridized carbons (Fsp3) is 0.100. The number of carbonyl (C=O) groups is 2. The van der Waals surface area contributed by atoms with E-state index in [9.17, 15) is 24.9 Å². The van der Waals surface area contributed by atoms with Crippen LogP contribution in [0.5, 0.6) is 23.0 Å². The first-order valence-electron chi connectivity index (χ1n) is 7.70. The van der Waals surface area contributed by atoms with Gasteiger partial charge in [-0.15, -0.1) is 0 Å². The van der Waals surface area contributed by atoms with Crippen molar-refractivity contribution in [3.63, 3.8) is 0 Å². The molecule has 6 nitrogen and oxygen atoms in total. The Hall–Kier alpha value is -3.54. The number of methoxy groups -OCH3 is 1. The van der Waals surface area contributed by atoms with Crippen LogP contribution in [0, 0.1) is 0 Å². The topological polar surface area (TPSA) is 104 Å². The van der Waals surface area contributed by atoms with Gasteiger partial charge in [0.15, 0.2) is 34.6 Å². The molecule has 3 N–H and O–H groups in total. The molecule has 0 bridgehead atoms. The summed E-state index contributed by atoms with van der Waals surface area (Å²) in [5, 5.41) is 28.7. The minimum absolute atomic E-state index is 0.0490. The van der Waals surface area contributed by atoms with Crippen molar-refractivity contribution in [2.45, 2.75) is 6.42 Å². The van der Waals surface area contributed by atoms with Crippen LogP contribution in [0.3, 0.4) is 0 Å². The average molecular weight is 354 g/mol. The average Bonchev–Trinajstić information content (AvgIpc) is 2.61. The zero-order chi connectivity index (χ0) is 19.1. The van der Waals surface area contributed by atoms with Gasteiger partial charge in [0.05, 0.1) is 13.5 Å². The minimum atomic E-state index is -0.444. The van der Waals surface area contributed by atoms with Crippen molar-refractivity contribution in [3.8, 4) is 23.0 Å². The van der Waals surface area contributed by atoms with Gasteiger partial charge in [0.2, 0.25) is 0 Å². The van der Waals surface area contributed by atoms with Crippen LogP contribution in [-0.2, 0) is 9.59 Å². The van der Waals surface area contributed by atoms with Crippen LogP contribution < -0.4 is 4.74 Å². The van der Waals surface area contributed by atoms with Crippen LogP contribution >= 0.6 is 0 Å². The first-order valence-corrected chi connectivity index (χ1v) is 7.70. The first-order chi connectivity index (χ1) is 12.4. The molecule has 0 aliphatic heterocycles. The van der Waals surface area contributed by atoms with E-state index in [2.05, 4.69) is 0 Å². The van der Waals surface area contributed by atoms with E-state index in [1.807, 2.05) is 0 Å². The number of ether oxygens (including phenoxy) is 1. The number of aromatic hydroxyl groups is 3. The fourth-order valence-electron chi connectivity index (χ4n) is 2.16. The van der Waals surface area contributed by atoms with E-state index in [-0.39, 0.29) is 29.2 Å². The molecule has 0 unspecified atom stereocenters. The number of rotatable bonds is 7. The quantitative estimate of drug-likeness (QED) is 0.401. The van der Waals surface area contributed by atoms with Crippen LogP contribution in [0.4, 0.5) is 0 Å². The third kappa shape index (κ3) is 4.98. The third-order valence-corrected chi connectivity index (χ3v) is 3.51. The largest absolute Gasteiger partial charge is 0.504 e. The second-order valence-corrected chi connectivity index (χ2v) is 5.42. The molecule has 2 aromatic rings. The van der Waals surface area contributed by atoms with Gasteiger partial charge in [-0.2, -0.15) is 0 Å². The predicted molar refractivity (Wildman–Crippen MR) is 97.1 cm³/mol. The summed E-state index contributed by atoms with van der Waals surface area (Å²) in [5.41, 5.74) is 0.861. The number of allylic oxidation sites excluding steroid dienone is 2. The van der Waals surface area contributed by atoms with Crippen LogP contribution in [0.1, 0.15) is 17.5 Å². The van der Waals surface area contributed by atoms with E-state index in [1.165, 1.54) is 55.7 Å². The molecule has 0 atom stereocenters. The standard InChI is InChI=1S/C20H18O6/c1-26-19-10-6-13(11-18(19)24)5-8-15(21)12-16(22)9-7-14-3-2-4-17(23)20(14)25/h2-11,23-25H,12H2,1H3/b8-5+,9-7+. The highest BCUT2D eigenvalue weighted by atomic mass is 16.5. The Bertz CT molecular complexity index is 880. The molecule has 0 saturated carbocycles. The van der Waals surface area contributed by atoms with Gasteiger partial charge >= 0.3 is 0 Å². The molecule has 0 saturated heterocycles. The van der Waals surface area contributed by atoms with Crippen molar-refractivity contribution in [2.75, 3.05) is 7.11 Å². The Kier molecular flexibility index (Phi) is 6.16. The molecule has 0 fully saturated rings. The Morgan fingerprint density at radius 2 is 1.65 bits per heavy atom. The molecule has 134 valence electrons. The van der Waals surface area contributed by atoms with Crippen molar-refractivity contribution in [2.24, 2.45) is 0 Å². The van der Waals surface area contributed by atoms with Gasteiger partial charge in [0.1, 0.15) is 0 Å². The summed E-state index contributed by atoms with van der Waals surface area (Å²) in [5.74, 6) is -1.20. The third-order valence-electron chi connectivity index (χ3n) is 3.51. The van der Waals surface area contributed by atoms with E-state index >= 15 is 0 Å². The Morgan fingerprint density at radius 3 is 2.31 bits per heavy atom. The van der Waals surface area contributed by atoms with E-state index in [1.54, 1.807) is 12.1 Å². The second-order valence-electron chi connectivity index (χ2n) is 5.42. The molecular formula is C20H18O6. The van der Waals surface area contributed by atoms with Gasteiger partial charge in [-0.3, -0.25) is 9.59 Å². The molecule has 0 aliphatic carbocycles. The molecule has 26 heavy (non-hydrogen) atoms. The maximum atomic E-state index is 11.8. The van der Waals surface area contributed by atoms with Gasteiger partial charge < -0.3 is 20.1 Å². The molecule has 0 aliphatic rings. The summed E-state index contributed by atoms with van der Waals surface area (Å²) in [4.78, 5) is 23.7. The van der Waals surface area contributed by atoms with E-state index in [4.69, 9.17) is 4.74 Å². The second kappa shape index (κ2) is 8.53. The highest BCUT2D eigenvalue weighted by molar-refractivity contribution is 6.11. The Labute approximate surface area is 150 Å². The Morgan fingerprint density at radius 1 is 0.962 bits per heavy atom. The summed E-state index contributed by atoms with van der Waals surface area (Å²) >= 11 is 0. The number of hydrogen-bond acceptors (Lipinski definition) is 6. The van der Waals surface area contributed by atoms with Crippen LogP contribution in [0.15, 0.2) is 48.6 Å². The molecule has 0 heterocycles. The van der Waals surface area contributed by atoms with Crippen molar-refractivity contribution >= 4 is 23.7 Å². The molecule has 0 spiro atoms. The van der Waals surface area contributed by atoms with E-state index in [0.717, 1.165) is 0 Å². The number of hydrogen-bond donors (Lipinski definition) is 3. The lowest BCUT2D eigenvalue weighted by Gasteiger charge is -2.03. The summed E-state index contributed by atoms with van der Waals surface area (Å²) in [6.45, 7) is 0. The number of benzene rings is 2.